The molecule has 5 aromatic carbocycles. The molecular formula is C56H42N6S. The van der Waals surface area contributed by atoms with Gasteiger partial charge in [-0.25, -0.2) is 9.98 Å². The molecule has 6 heterocycles. The fourth-order valence-corrected chi connectivity index (χ4v) is 11.0. The summed E-state index contributed by atoms with van der Waals surface area (Å²) in [6, 6.07) is 45.9. The predicted octanol–water partition coefficient (Wildman–Crippen LogP) is 13.2. The molecule has 9 aromatic rings. The molecule has 302 valence electrons. The Hall–Kier alpha value is -7.48. The van der Waals surface area contributed by atoms with Gasteiger partial charge in [0.2, 0.25) is 0 Å². The standard InChI is InChI=1S/C56H42N6S/c1-4-14-52(58-35(2)40-33-39-31-36-17-13-30-60(3)47(36)29-27-45(39)57-34-40)61-49-23-9-7-19-44(49)54-50(61)28-26-42-41-18-6-8-22-48(41)62(55(42)54)53-25-12-21-46(59-53)43-20-11-16-38-32-37-15-5-10-24-51(37)63-56(38)43/h4-29,33-34H,2,30-32H2,1,3H3/b14-4-,58-52?. The van der Waals surface area contributed by atoms with Crippen LogP contribution in [-0.4, -0.2) is 43.4 Å². The number of aromatic nitrogens is 4. The molecule has 6 nitrogen and oxygen atoms in total. The Morgan fingerprint density at radius 3 is 2.46 bits per heavy atom. The van der Waals surface area contributed by atoms with E-state index in [1.54, 1.807) is 0 Å². The maximum absolute atomic E-state index is 5.52. The van der Waals surface area contributed by atoms with E-state index in [2.05, 4.69) is 192 Å². The molecule has 0 unspecified atom stereocenters. The Bertz CT molecular complexity index is 3570. The molecule has 0 amide bonds. The van der Waals surface area contributed by atoms with Gasteiger partial charge in [0, 0.05) is 74.4 Å². The van der Waals surface area contributed by atoms with Crippen molar-refractivity contribution in [2.24, 2.45) is 4.99 Å². The molecule has 0 bridgehead atoms. The summed E-state index contributed by atoms with van der Waals surface area (Å²) in [4.78, 5) is 20.7. The molecule has 0 N–H and O–H groups in total. The van der Waals surface area contributed by atoms with Crippen LogP contribution < -0.4 is 0 Å². The van der Waals surface area contributed by atoms with E-state index in [-0.39, 0.29) is 0 Å². The molecule has 7 heteroatoms. The van der Waals surface area contributed by atoms with Crippen LogP contribution in [0.15, 0.2) is 197 Å². The Balaban J connectivity index is 1.02. The normalized spacial score (nSPS) is 14.8. The predicted molar refractivity (Wildman–Crippen MR) is 263 cm³/mol. The first-order valence-corrected chi connectivity index (χ1v) is 22.3. The molecule has 0 atom stereocenters. The van der Waals surface area contributed by atoms with E-state index in [1.807, 2.05) is 24.9 Å². The quantitative estimate of drug-likeness (QED) is 0.128. The van der Waals surface area contributed by atoms with Gasteiger partial charge in [0.25, 0.3) is 0 Å². The van der Waals surface area contributed by atoms with Crippen LogP contribution in [0.5, 0.6) is 0 Å². The van der Waals surface area contributed by atoms with E-state index in [4.69, 9.17) is 15.0 Å². The number of pyridine rings is 2. The van der Waals surface area contributed by atoms with Crippen LogP contribution in [0.1, 0.15) is 34.9 Å². The minimum absolute atomic E-state index is 0.657. The van der Waals surface area contributed by atoms with E-state index in [0.717, 1.165) is 86.4 Å². The third-order valence-corrected chi connectivity index (χ3v) is 14.0. The van der Waals surface area contributed by atoms with Crippen LogP contribution in [0.2, 0.25) is 0 Å². The largest absolute Gasteiger partial charge is 0.371 e. The van der Waals surface area contributed by atoms with Gasteiger partial charge in [-0.3, -0.25) is 14.1 Å². The summed E-state index contributed by atoms with van der Waals surface area (Å²) in [6.45, 7) is 7.49. The Labute approximate surface area is 370 Å². The average molecular weight is 831 g/mol. The molecule has 0 radical (unpaired) electrons. The topological polar surface area (TPSA) is 51.2 Å². The number of aliphatic imine (C=N–C) groups is 1. The van der Waals surface area contributed by atoms with Gasteiger partial charge in [-0.15, -0.1) is 0 Å². The molecule has 4 aromatic heterocycles. The third-order valence-electron chi connectivity index (χ3n) is 12.7. The van der Waals surface area contributed by atoms with Crippen molar-refractivity contribution >= 4 is 73.0 Å². The molecule has 0 spiro atoms. The lowest BCUT2D eigenvalue weighted by Crippen LogP contribution is -2.21. The number of benzene rings is 5. The number of hydrogen-bond donors (Lipinski definition) is 0. The van der Waals surface area contributed by atoms with Gasteiger partial charge in [-0.2, -0.15) is 0 Å². The summed E-state index contributed by atoms with van der Waals surface area (Å²) < 4.78 is 4.65. The Kier molecular flexibility index (Phi) is 8.80. The maximum atomic E-state index is 5.52. The van der Waals surface area contributed by atoms with Crippen molar-refractivity contribution in [1.29, 1.82) is 0 Å². The van der Waals surface area contributed by atoms with Crippen LogP contribution in [0.3, 0.4) is 0 Å². The summed E-state index contributed by atoms with van der Waals surface area (Å²) in [7, 11) is 2.14. The second-order valence-electron chi connectivity index (χ2n) is 16.5. The number of allylic oxidation sites excluding steroid dienone is 5. The fraction of sp³-hybridized carbons (Fsp3) is 0.0893. The van der Waals surface area contributed by atoms with Gasteiger partial charge in [0.05, 0.1) is 39.2 Å². The van der Waals surface area contributed by atoms with Crippen molar-refractivity contribution in [3.8, 4) is 17.1 Å². The van der Waals surface area contributed by atoms with Crippen LogP contribution in [0, 0.1) is 0 Å². The van der Waals surface area contributed by atoms with Gasteiger partial charge < -0.3 is 4.90 Å². The van der Waals surface area contributed by atoms with Crippen LogP contribution in [-0.2, 0) is 12.8 Å². The van der Waals surface area contributed by atoms with Gasteiger partial charge in [-0.05, 0) is 96.3 Å². The zero-order chi connectivity index (χ0) is 42.2. The zero-order valence-corrected chi connectivity index (χ0v) is 35.9. The van der Waals surface area contributed by atoms with Gasteiger partial charge in [-0.1, -0.05) is 121 Å². The maximum Gasteiger partial charge on any atom is 0.138 e. The smallest absolute Gasteiger partial charge is 0.138 e. The number of fused-ring (bicyclic) bond motifs is 10. The summed E-state index contributed by atoms with van der Waals surface area (Å²) in [5.41, 5.74) is 15.4. The lowest BCUT2D eigenvalue weighted by atomic mass is 10.00. The second kappa shape index (κ2) is 14.9. The monoisotopic (exact) mass is 830 g/mol. The zero-order valence-electron chi connectivity index (χ0n) is 35.1. The number of nitrogens with zero attached hydrogens (tertiary/aromatic N) is 6. The van der Waals surface area contributed by atoms with Gasteiger partial charge >= 0.3 is 0 Å². The van der Waals surface area contributed by atoms with Crippen molar-refractivity contribution in [3.05, 3.63) is 210 Å². The number of hydrogen-bond acceptors (Lipinski definition) is 5. The molecule has 1 aliphatic carbocycles. The lowest BCUT2D eigenvalue weighted by molar-refractivity contribution is 0.468. The summed E-state index contributed by atoms with van der Waals surface area (Å²) in [5.74, 6) is 1.65. The van der Waals surface area contributed by atoms with Crippen molar-refractivity contribution in [2.75, 3.05) is 13.6 Å². The fourth-order valence-electron chi connectivity index (χ4n) is 9.81. The van der Waals surface area contributed by atoms with E-state index >= 15 is 0 Å². The SMILES string of the molecule is C=C(N=C(/C=C\C)n1c2ccccc2c2c1ccc1c3ccccc3n(-c3cccc(-c4cccc5c4Sc4ccccc4C5)n3)c12)c1cnc2c(c1)CC1=C(C=C2)N(C)CC=C1. The van der Waals surface area contributed by atoms with Crippen molar-refractivity contribution in [3.63, 3.8) is 0 Å². The second-order valence-corrected chi connectivity index (χ2v) is 17.6. The molecular weight excluding hydrogens is 789 g/mol. The molecule has 2 aliphatic heterocycles. The number of para-hydroxylation sites is 2. The molecule has 3 aliphatic rings. The highest BCUT2D eigenvalue weighted by Gasteiger charge is 2.24. The van der Waals surface area contributed by atoms with Crippen molar-refractivity contribution in [1.82, 2.24) is 24.0 Å². The number of likely N-dealkylation sites (N-methyl/N-ethyl adjacent to an activating group) is 1. The molecule has 0 saturated carbocycles. The minimum Gasteiger partial charge on any atom is -0.371 e. The molecule has 63 heavy (non-hydrogen) atoms. The van der Waals surface area contributed by atoms with Crippen molar-refractivity contribution < 1.29 is 0 Å². The average Bonchev–Trinajstić information content (AvgIpc) is 3.76. The van der Waals surface area contributed by atoms with E-state index in [9.17, 15) is 0 Å². The van der Waals surface area contributed by atoms with Crippen LogP contribution >= 0.6 is 11.8 Å². The van der Waals surface area contributed by atoms with E-state index < -0.39 is 0 Å². The lowest BCUT2D eigenvalue weighted by Gasteiger charge is -2.24. The van der Waals surface area contributed by atoms with E-state index in [1.165, 1.54) is 48.5 Å². The third kappa shape index (κ3) is 6.06. The molecule has 12 rings (SSSR count). The molecule has 0 saturated heterocycles. The van der Waals surface area contributed by atoms with Crippen molar-refractivity contribution in [2.45, 2.75) is 29.6 Å². The highest BCUT2D eigenvalue weighted by Crippen LogP contribution is 2.45. The first-order chi connectivity index (χ1) is 31.0. The highest BCUT2D eigenvalue weighted by atomic mass is 32.2. The Morgan fingerprint density at radius 1 is 0.746 bits per heavy atom. The van der Waals surface area contributed by atoms with Gasteiger partial charge in [0.15, 0.2) is 0 Å². The summed E-state index contributed by atoms with van der Waals surface area (Å²) >= 11 is 1.85. The first kappa shape index (κ1) is 37.3. The summed E-state index contributed by atoms with van der Waals surface area (Å²) in [5, 5.41) is 4.64. The van der Waals surface area contributed by atoms with E-state index in [0.29, 0.717) is 5.70 Å². The number of rotatable bonds is 5. The first-order valence-electron chi connectivity index (χ1n) is 21.5. The van der Waals surface area contributed by atoms with Crippen LogP contribution in [0.4, 0.5) is 0 Å². The minimum atomic E-state index is 0.657. The molecule has 0 fully saturated rings. The summed E-state index contributed by atoms with van der Waals surface area (Å²) in [6.07, 6.45) is 16.6. The van der Waals surface area contributed by atoms with Crippen LogP contribution in [0.25, 0.3) is 72.5 Å². The Morgan fingerprint density at radius 2 is 1.56 bits per heavy atom. The van der Waals surface area contributed by atoms with Gasteiger partial charge in [0.1, 0.15) is 11.7 Å². The highest BCUT2D eigenvalue weighted by molar-refractivity contribution is 7.99.